The first kappa shape index (κ1) is 17.6. The lowest BCUT2D eigenvalue weighted by Crippen LogP contribution is -2.33. The summed E-state index contributed by atoms with van der Waals surface area (Å²) in [5, 5.41) is 8.50. The molecule has 1 fully saturated rings. The molecule has 2 aromatic heterocycles. The van der Waals surface area contributed by atoms with Crippen molar-refractivity contribution in [2.45, 2.75) is 38.8 Å². The Kier molecular flexibility index (Phi) is 5.11. The molecule has 7 nitrogen and oxygen atoms in total. The predicted molar refractivity (Wildman–Crippen MR) is 100 cm³/mol. The van der Waals surface area contributed by atoms with E-state index in [-0.39, 0.29) is 6.04 Å². The zero-order chi connectivity index (χ0) is 18.6. The van der Waals surface area contributed by atoms with E-state index < -0.39 is 0 Å². The van der Waals surface area contributed by atoms with Crippen molar-refractivity contribution < 1.29 is 9.15 Å². The predicted octanol–water partition coefficient (Wildman–Crippen LogP) is 3.57. The zero-order valence-corrected chi connectivity index (χ0v) is 15.6. The highest BCUT2D eigenvalue weighted by Gasteiger charge is 2.29. The van der Waals surface area contributed by atoms with Crippen molar-refractivity contribution in [1.29, 1.82) is 0 Å². The van der Waals surface area contributed by atoms with Gasteiger partial charge in [0.25, 0.3) is 5.89 Å². The van der Waals surface area contributed by atoms with Crippen molar-refractivity contribution >= 4 is 0 Å². The zero-order valence-electron chi connectivity index (χ0n) is 15.6. The highest BCUT2D eigenvalue weighted by Crippen LogP contribution is 2.32. The number of likely N-dealkylation sites (tertiary alicyclic amines) is 1. The van der Waals surface area contributed by atoms with Crippen molar-refractivity contribution in [2.24, 2.45) is 0 Å². The molecule has 1 aromatic carbocycles. The first-order valence-corrected chi connectivity index (χ1v) is 9.22. The maximum atomic E-state index is 5.97. The Morgan fingerprint density at radius 3 is 2.70 bits per heavy atom. The van der Waals surface area contributed by atoms with Gasteiger partial charge in [0.15, 0.2) is 0 Å². The normalized spacial score (nSPS) is 17.8. The Bertz CT molecular complexity index is 876. The molecule has 1 saturated heterocycles. The number of aryl methyl sites for hydroxylation is 1. The molecule has 0 bridgehead atoms. The van der Waals surface area contributed by atoms with Crippen LogP contribution in [0.2, 0.25) is 0 Å². The van der Waals surface area contributed by atoms with E-state index in [1.54, 1.807) is 19.5 Å². The quantitative estimate of drug-likeness (QED) is 0.684. The topological polar surface area (TPSA) is 77.2 Å². The monoisotopic (exact) mass is 365 g/mol. The van der Waals surface area contributed by atoms with E-state index in [0.29, 0.717) is 17.5 Å². The number of ether oxygens (including phenoxy) is 1. The van der Waals surface area contributed by atoms with Crippen LogP contribution in [0.15, 0.2) is 41.1 Å². The van der Waals surface area contributed by atoms with E-state index in [4.69, 9.17) is 9.15 Å². The fourth-order valence-corrected chi connectivity index (χ4v) is 3.40. The van der Waals surface area contributed by atoms with Crippen molar-refractivity contribution in [1.82, 2.24) is 25.1 Å². The fourth-order valence-electron chi connectivity index (χ4n) is 3.40. The molecule has 1 aliphatic heterocycles. The number of aromatic nitrogens is 4. The second-order valence-corrected chi connectivity index (χ2v) is 6.82. The fraction of sp³-hybridized carbons (Fsp3) is 0.400. The molecule has 27 heavy (non-hydrogen) atoms. The van der Waals surface area contributed by atoms with Gasteiger partial charge < -0.3 is 9.15 Å². The summed E-state index contributed by atoms with van der Waals surface area (Å²) in [6.07, 6.45) is 6.72. The molecule has 7 heteroatoms. The van der Waals surface area contributed by atoms with Gasteiger partial charge in [0, 0.05) is 12.7 Å². The summed E-state index contributed by atoms with van der Waals surface area (Å²) in [6.45, 7) is 3.75. The molecule has 0 aliphatic carbocycles. The van der Waals surface area contributed by atoms with Crippen LogP contribution in [0.25, 0.3) is 11.6 Å². The molecule has 0 N–H and O–H groups in total. The minimum absolute atomic E-state index is 0.125. The van der Waals surface area contributed by atoms with Crippen LogP contribution in [0.4, 0.5) is 0 Å². The summed E-state index contributed by atoms with van der Waals surface area (Å²) in [6, 6.07) is 8.32. The average Bonchev–Trinajstić information content (AvgIpc) is 3.19. The number of piperidine rings is 1. The third-order valence-electron chi connectivity index (χ3n) is 4.88. The summed E-state index contributed by atoms with van der Waals surface area (Å²) in [5.74, 6) is 1.95. The first-order valence-electron chi connectivity index (χ1n) is 9.22. The number of hydrogen-bond donors (Lipinski definition) is 0. The van der Waals surface area contributed by atoms with Crippen molar-refractivity contribution in [2.75, 3.05) is 13.7 Å². The average molecular weight is 365 g/mol. The molecular weight excluding hydrogens is 342 g/mol. The Balaban J connectivity index is 1.52. The van der Waals surface area contributed by atoms with E-state index in [9.17, 15) is 0 Å². The molecule has 140 valence electrons. The molecule has 1 atom stereocenters. The molecule has 0 saturated carbocycles. The van der Waals surface area contributed by atoms with Gasteiger partial charge in [0.05, 0.1) is 25.0 Å². The van der Waals surface area contributed by atoms with Crippen LogP contribution in [0.1, 0.15) is 42.5 Å². The van der Waals surface area contributed by atoms with E-state index in [0.717, 1.165) is 37.4 Å². The molecule has 0 unspecified atom stereocenters. The van der Waals surface area contributed by atoms with Crippen LogP contribution < -0.4 is 4.74 Å². The highest BCUT2D eigenvalue weighted by molar-refractivity contribution is 5.43. The minimum Gasteiger partial charge on any atom is -0.497 e. The van der Waals surface area contributed by atoms with Gasteiger partial charge in [-0.3, -0.25) is 9.88 Å². The second kappa shape index (κ2) is 7.84. The maximum absolute atomic E-state index is 5.97. The molecule has 0 radical (unpaired) electrons. The van der Waals surface area contributed by atoms with Crippen LogP contribution in [-0.2, 0) is 6.54 Å². The van der Waals surface area contributed by atoms with Gasteiger partial charge in [-0.15, -0.1) is 10.2 Å². The summed E-state index contributed by atoms with van der Waals surface area (Å²) < 4.78 is 11.2. The Hall–Kier alpha value is -2.80. The van der Waals surface area contributed by atoms with Gasteiger partial charge in [-0.05, 0) is 44.0 Å². The van der Waals surface area contributed by atoms with E-state index in [2.05, 4.69) is 37.2 Å². The van der Waals surface area contributed by atoms with E-state index in [1.165, 1.54) is 12.0 Å². The van der Waals surface area contributed by atoms with Crippen LogP contribution in [-0.4, -0.2) is 38.7 Å². The lowest BCUT2D eigenvalue weighted by molar-refractivity contribution is 0.118. The minimum atomic E-state index is 0.125. The summed E-state index contributed by atoms with van der Waals surface area (Å²) in [5.41, 5.74) is 2.71. The third kappa shape index (κ3) is 3.98. The number of benzene rings is 1. The molecule has 0 spiro atoms. The molecule has 3 aromatic rings. The Morgan fingerprint density at radius 2 is 1.96 bits per heavy atom. The number of methoxy groups -OCH3 is 1. The lowest BCUT2D eigenvalue weighted by atomic mass is 10.0. The summed E-state index contributed by atoms with van der Waals surface area (Å²) >= 11 is 0. The van der Waals surface area contributed by atoms with Crippen molar-refractivity contribution in [3.63, 3.8) is 0 Å². The molecule has 4 rings (SSSR count). The van der Waals surface area contributed by atoms with Crippen molar-refractivity contribution in [3.8, 4) is 17.3 Å². The van der Waals surface area contributed by atoms with Crippen LogP contribution in [0.5, 0.6) is 5.75 Å². The SMILES string of the molecule is COc1ccc(CN2CCCC[C@@H]2c2nnc(-c3cnc(C)cn3)o2)cc1. The highest BCUT2D eigenvalue weighted by atomic mass is 16.5. The smallest absolute Gasteiger partial charge is 0.267 e. The van der Waals surface area contributed by atoms with Gasteiger partial charge in [0.1, 0.15) is 11.4 Å². The summed E-state index contributed by atoms with van der Waals surface area (Å²) in [7, 11) is 1.68. The lowest BCUT2D eigenvalue weighted by Gasteiger charge is -2.33. The molecule has 0 amide bonds. The largest absolute Gasteiger partial charge is 0.497 e. The third-order valence-corrected chi connectivity index (χ3v) is 4.88. The van der Waals surface area contributed by atoms with Crippen LogP contribution in [0.3, 0.4) is 0 Å². The summed E-state index contributed by atoms with van der Waals surface area (Å²) in [4.78, 5) is 11.0. The Labute approximate surface area is 158 Å². The number of rotatable bonds is 5. The van der Waals surface area contributed by atoms with Crippen molar-refractivity contribution in [3.05, 3.63) is 53.8 Å². The number of hydrogen-bond acceptors (Lipinski definition) is 7. The van der Waals surface area contributed by atoms with Gasteiger partial charge in [-0.1, -0.05) is 18.6 Å². The molecular formula is C20H23N5O2. The standard InChI is InChI=1S/C20H23N5O2/c1-14-11-22-17(12-21-14)19-23-24-20(27-19)18-5-3-4-10-25(18)13-15-6-8-16(26-2)9-7-15/h6-9,11-12,18H,3-5,10,13H2,1-2H3/t18-/m1/s1. The van der Waals surface area contributed by atoms with Gasteiger partial charge in [0.2, 0.25) is 5.89 Å². The van der Waals surface area contributed by atoms with E-state index >= 15 is 0 Å². The second-order valence-electron chi connectivity index (χ2n) is 6.82. The Morgan fingerprint density at radius 1 is 1.11 bits per heavy atom. The van der Waals surface area contributed by atoms with E-state index in [1.807, 2.05) is 19.1 Å². The first-order chi connectivity index (χ1) is 13.2. The van der Waals surface area contributed by atoms with Crippen LogP contribution in [0, 0.1) is 6.92 Å². The van der Waals surface area contributed by atoms with Crippen LogP contribution >= 0.6 is 0 Å². The molecule has 3 heterocycles. The van der Waals surface area contributed by atoms with Gasteiger partial charge in [-0.25, -0.2) is 4.98 Å². The maximum Gasteiger partial charge on any atom is 0.267 e. The van der Waals surface area contributed by atoms with Gasteiger partial charge >= 0.3 is 0 Å². The number of nitrogens with zero attached hydrogens (tertiary/aromatic N) is 5. The molecule has 1 aliphatic rings. The van der Waals surface area contributed by atoms with Gasteiger partial charge in [-0.2, -0.15) is 0 Å².